The molecule has 8 heteroatoms. The van der Waals surface area contributed by atoms with Crippen LogP contribution in [0.1, 0.15) is 31.1 Å². The van der Waals surface area contributed by atoms with Crippen molar-refractivity contribution < 1.29 is 4.74 Å². The lowest BCUT2D eigenvalue weighted by molar-refractivity contribution is 0.122. The molecule has 28 heavy (non-hydrogen) atoms. The molecule has 0 spiro atoms. The Balaban J connectivity index is 1.90. The SMILES string of the molecule is Cc1cc(Nc2nn(C(C)C)c(=O)c3cc(N4CCOCC4)cc(C)c23)n[nH]1. The first-order chi connectivity index (χ1) is 13.4. The first kappa shape index (κ1) is 18.5. The second kappa shape index (κ2) is 7.27. The Kier molecular flexibility index (Phi) is 4.80. The topological polar surface area (TPSA) is 88.1 Å². The average molecular weight is 382 g/mol. The molecule has 0 saturated carbocycles. The fraction of sp³-hybridized carbons (Fsp3) is 0.450. The van der Waals surface area contributed by atoms with Crippen molar-refractivity contribution in [2.75, 3.05) is 36.5 Å². The van der Waals surface area contributed by atoms with Gasteiger partial charge in [-0.2, -0.15) is 10.2 Å². The lowest BCUT2D eigenvalue weighted by atomic mass is 10.1. The molecule has 0 bridgehead atoms. The number of nitrogens with one attached hydrogen (secondary N) is 2. The maximum atomic E-state index is 13.2. The minimum atomic E-state index is -0.0769. The van der Waals surface area contributed by atoms with E-state index in [1.54, 1.807) is 0 Å². The van der Waals surface area contributed by atoms with Crippen molar-refractivity contribution in [2.24, 2.45) is 0 Å². The van der Waals surface area contributed by atoms with E-state index in [1.165, 1.54) is 4.68 Å². The van der Waals surface area contributed by atoms with E-state index in [-0.39, 0.29) is 11.6 Å². The molecule has 1 aliphatic heterocycles. The number of aromatic nitrogens is 4. The third-order valence-corrected chi connectivity index (χ3v) is 5.02. The number of H-pyrrole nitrogens is 1. The molecule has 0 aliphatic carbocycles. The van der Waals surface area contributed by atoms with Gasteiger partial charge >= 0.3 is 0 Å². The van der Waals surface area contributed by atoms with Crippen molar-refractivity contribution in [3.63, 3.8) is 0 Å². The smallest absolute Gasteiger partial charge is 0.275 e. The van der Waals surface area contributed by atoms with Crippen molar-refractivity contribution in [3.8, 4) is 0 Å². The van der Waals surface area contributed by atoms with Gasteiger partial charge in [-0.15, -0.1) is 0 Å². The average Bonchev–Trinajstić information content (AvgIpc) is 3.09. The van der Waals surface area contributed by atoms with Crippen molar-refractivity contribution in [1.29, 1.82) is 0 Å². The van der Waals surface area contributed by atoms with Crippen LogP contribution in [-0.4, -0.2) is 46.3 Å². The van der Waals surface area contributed by atoms with Crippen LogP contribution in [0.4, 0.5) is 17.3 Å². The lowest BCUT2D eigenvalue weighted by Gasteiger charge is -2.29. The van der Waals surface area contributed by atoms with E-state index in [0.29, 0.717) is 30.2 Å². The molecule has 2 N–H and O–H groups in total. The Morgan fingerprint density at radius 3 is 2.57 bits per heavy atom. The van der Waals surface area contributed by atoms with Gasteiger partial charge in [0, 0.05) is 35.9 Å². The summed E-state index contributed by atoms with van der Waals surface area (Å²) in [6, 6.07) is 5.97. The summed E-state index contributed by atoms with van der Waals surface area (Å²) in [5.41, 5.74) is 2.94. The molecule has 1 saturated heterocycles. The van der Waals surface area contributed by atoms with Gasteiger partial charge in [0.1, 0.15) is 0 Å². The number of anilines is 3. The highest BCUT2D eigenvalue weighted by Gasteiger charge is 2.19. The van der Waals surface area contributed by atoms with Gasteiger partial charge in [0.25, 0.3) is 5.56 Å². The highest BCUT2D eigenvalue weighted by molar-refractivity contribution is 5.97. The quantitative estimate of drug-likeness (QED) is 0.721. The predicted octanol–water partition coefficient (Wildman–Crippen LogP) is 2.90. The fourth-order valence-electron chi connectivity index (χ4n) is 3.62. The summed E-state index contributed by atoms with van der Waals surface area (Å²) in [6.45, 7) is 10.9. The minimum absolute atomic E-state index is 0.0503. The van der Waals surface area contributed by atoms with Crippen molar-refractivity contribution in [2.45, 2.75) is 33.7 Å². The zero-order valence-electron chi connectivity index (χ0n) is 16.7. The lowest BCUT2D eigenvalue weighted by Crippen LogP contribution is -2.36. The number of ether oxygens (including phenoxy) is 1. The molecule has 0 unspecified atom stereocenters. The van der Waals surface area contributed by atoms with E-state index in [9.17, 15) is 4.79 Å². The van der Waals surface area contributed by atoms with E-state index < -0.39 is 0 Å². The molecule has 0 radical (unpaired) electrons. The normalized spacial score (nSPS) is 14.8. The number of fused-ring (bicyclic) bond motifs is 1. The summed E-state index contributed by atoms with van der Waals surface area (Å²) >= 11 is 0. The first-order valence-electron chi connectivity index (χ1n) is 9.63. The van der Waals surface area contributed by atoms with E-state index in [2.05, 4.69) is 31.6 Å². The first-order valence-corrected chi connectivity index (χ1v) is 9.63. The van der Waals surface area contributed by atoms with Crippen LogP contribution in [0.25, 0.3) is 10.8 Å². The molecule has 0 amide bonds. The molecule has 1 aromatic carbocycles. The maximum Gasteiger partial charge on any atom is 0.275 e. The van der Waals surface area contributed by atoms with Gasteiger partial charge in [-0.1, -0.05) is 0 Å². The minimum Gasteiger partial charge on any atom is -0.378 e. The predicted molar refractivity (Wildman–Crippen MR) is 111 cm³/mol. The van der Waals surface area contributed by atoms with Crippen LogP contribution < -0.4 is 15.8 Å². The van der Waals surface area contributed by atoms with Gasteiger partial charge in [-0.05, 0) is 45.4 Å². The molecular formula is C20H26N6O2. The summed E-state index contributed by atoms with van der Waals surface area (Å²) in [4.78, 5) is 15.4. The number of nitrogens with zero attached hydrogens (tertiary/aromatic N) is 4. The molecule has 4 rings (SSSR count). The van der Waals surface area contributed by atoms with Crippen LogP contribution >= 0.6 is 0 Å². The van der Waals surface area contributed by atoms with Crippen LogP contribution in [0.5, 0.6) is 0 Å². The Labute approximate surface area is 163 Å². The Bertz CT molecular complexity index is 1060. The molecule has 3 aromatic rings. The Hall–Kier alpha value is -2.87. The van der Waals surface area contributed by atoms with E-state index >= 15 is 0 Å². The van der Waals surface area contributed by atoms with Crippen LogP contribution in [0.15, 0.2) is 23.0 Å². The molecule has 1 aliphatic rings. The van der Waals surface area contributed by atoms with Gasteiger partial charge in [0.15, 0.2) is 11.6 Å². The van der Waals surface area contributed by atoms with E-state index in [1.807, 2.05) is 39.8 Å². The summed E-state index contributed by atoms with van der Waals surface area (Å²) in [6.07, 6.45) is 0. The molecule has 1 fully saturated rings. The third kappa shape index (κ3) is 3.35. The van der Waals surface area contributed by atoms with Crippen LogP contribution in [0.3, 0.4) is 0 Å². The summed E-state index contributed by atoms with van der Waals surface area (Å²) < 4.78 is 7.00. The van der Waals surface area contributed by atoms with Gasteiger partial charge in [-0.25, -0.2) is 4.68 Å². The van der Waals surface area contributed by atoms with Gasteiger partial charge < -0.3 is 15.0 Å². The van der Waals surface area contributed by atoms with E-state index in [0.717, 1.165) is 35.4 Å². The number of hydrogen-bond donors (Lipinski definition) is 2. The second-order valence-corrected chi connectivity index (χ2v) is 7.54. The molecular weight excluding hydrogens is 356 g/mol. The summed E-state index contributed by atoms with van der Waals surface area (Å²) in [7, 11) is 0. The zero-order chi connectivity index (χ0) is 19.8. The number of aryl methyl sites for hydroxylation is 2. The molecule has 2 aromatic heterocycles. The van der Waals surface area contributed by atoms with Crippen LogP contribution in [-0.2, 0) is 4.74 Å². The Morgan fingerprint density at radius 2 is 1.93 bits per heavy atom. The highest BCUT2D eigenvalue weighted by atomic mass is 16.5. The van der Waals surface area contributed by atoms with Gasteiger partial charge in [-0.3, -0.25) is 9.89 Å². The number of morpholine rings is 1. The number of aromatic amines is 1. The molecule has 3 heterocycles. The van der Waals surface area contributed by atoms with Crippen LogP contribution in [0, 0.1) is 13.8 Å². The molecule has 148 valence electrons. The number of hydrogen-bond acceptors (Lipinski definition) is 6. The van der Waals surface area contributed by atoms with E-state index in [4.69, 9.17) is 4.74 Å². The standard InChI is InChI=1S/C20H26N6O2/c1-12(2)26-20(27)16-11-15(25-5-7-28-8-6-25)9-13(3)18(16)19(24-26)21-17-10-14(4)22-23-17/h9-12H,5-8H2,1-4H3,(H2,21,22,23,24). The number of benzene rings is 1. The molecule has 8 nitrogen and oxygen atoms in total. The monoisotopic (exact) mass is 382 g/mol. The van der Waals surface area contributed by atoms with Gasteiger partial charge in [0.2, 0.25) is 0 Å². The Morgan fingerprint density at radius 1 is 1.18 bits per heavy atom. The van der Waals surface area contributed by atoms with Gasteiger partial charge in [0.05, 0.1) is 24.6 Å². The second-order valence-electron chi connectivity index (χ2n) is 7.54. The summed E-state index contributed by atoms with van der Waals surface area (Å²) in [5, 5.41) is 16.6. The summed E-state index contributed by atoms with van der Waals surface area (Å²) in [5.74, 6) is 1.32. The third-order valence-electron chi connectivity index (χ3n) is 5.02. The maximum absolute atomic E-state index is 13.2. The largest absolute Gasteiger partial charge is 0.378 e. The van der Waals surface area contributed by atoms with Crippen LogP contribution in [0.2, 0.25) is 0 Å². The highest BCUT2D eigenvalue weighted by Crippen LogP contribution is 2.30. The molecule has 0 atom stereocenters. The fourth-order valence-corrected chi connectivity index (χ4v) is 3.62. The van der Waals surface area contributed by atoms with Crippen molar-refractivity contribution >= 4 is 28.1 Å². The van der Waals surface area contributed by atoms with Crippen molar-refractivity contribution in [1.82, 2.24) is 20.0 Å². The van der Waals surface area contributed by atoms with Crippen molar-refractivity contribution in [3.05, 3.63) is 39.8 Å². The zero-order valence-corrected chi connectivity index (χ0v) is 16.7. The number of rotatable bonds is 4.